The molecule has 0 spiro atoms. The molecular formula is C11H10N4O2S. The molecule has 1 aliphatic rings. The van der Waals surface area contributed by atoms with Gasteiger partial charge in [0.1, 0.15) is 0 Å². The van der Waals surface area contributed by atoms with E-state index in [1.807, 2.05) is 19.1 Å². The Morgan fingerprint density at radius 1 is 1.11 bits per heavy atom. The largest absolute Gasteiger partial charge is 0.300 e. The van der Waals surface area contributed by atoms with Gasteiger partial charge < -0.3 is 10.6 Å². The van der Waals surface area contributed by atoms with Gasteiger partial charge in [-0.2, -0.15) is 10.2 Å². The molecule has 1 saturated heterocycles. The molecule has 0 aromatic heterocycles. The van der Waals surface area contributed by atoms with E-state index in [-0.39, 0.29) is 5.11 Å². The van der Waals surface area contributed by atoms with E-state index in [2.05, 4.69) is 33.1 Å². The van der Waals surface area contributed by atoms with Gasteiger partial charge in [0.25, 0.3) is 11.8 Å². The highest BCUT2D eigenvalue weighted by Gasteiger charge is 2.32. The zero-order valence-electron chi connectivity index (χ0n) is 9.51. The molecule has 0 unspecified atom stereocenters. The summed E-state index contributed by atoms with van der Waals surface area (Å²) in [5.41, 5.74) is 1.67. The van der Waals surface area contributed by atoms with E-state index in [4.69, 9.17) is 0 Å². The minimum absolute atomic E-state index is 0.00761. The molecule has 1 aromatic carbocycles. The fourth-order valence-corrected chi connectivity index (χ4v) is 1.55. The average molecular weight is 262 g/mol. The van der Waals surface area contributed by atoms with Crippen molar-refractivity contribution in [3.05, 3.63) is 29.8 Å². The predicted molar refractivity (Wildman–Crippen MR) is 68.4 cm³/mol. The normalized spacial score (nSPS) is 16.8. The molecule has 1 heterocycles. The smallest absolute Gasteiger partial charge is 0.262 e. The Bertz CT molecular complexity index is 518. The topological polar surface area (TPSA) is 82.9 Å². The maximum absolute atomic E-state index is 11.5. The molecule has 0 saturated carbocycles. The van der Waals surface area contributed by atoms with Gasteiger partial charge >= 0.3 is 0 Å². The van der Waals surface area contributed by atoms with Crippen molar-refractivity contribution < 1.29 is 9.59 Å². The zero-order valence-corrected chi connectivity index (χ0v) is 10.3. The number of azo groups is 1. The van der Waals surface area contributed by atoms with Gasteiger partial charge in [0.05, 0.1) is 5.69 Å². The van der Waals surface area contributed by atoms with E-state index in [0.717, 1.165) is 5.56 Å². The number of amides is 2. The molecule has 0 radical (unpaired) electrons. The number of nitrogens with zero attached hydrogens (tertiary/aromatic N) is 2. The Labute approximate surface area is 108 Å². The van der Waals surface area contributed by atoms with Crippen molar-refractivity contribution in [2.24, 2.45) is 10.2 Å². The van der Waals surface area contributed by atoms with Crippen LogP contribution in [0.25, 0.3) is 0 Å². The lowest BCUT2D eigenvalue weighted by Gasteiger charge is -2.18. The van der Waals surface area contributed by atoms with Gasteiger partial charge in [0.15, 0.2) is 5.11 Å². The molecule has 1 aromatic rings. The fraction of sp³-hybridized carbons (Fsp3) is 0.182. The molecule has 6 nitrogen and oxygen atoms in total. The Balaban J connectivity index is 2.13. The highest BCUT2D eigenvalue weighted by atomic mass is 32.1. The number of rotatable bonds is 2. The first-order valence-corrected chi connectivity index (χ1v) is 5.60. The number of thiocarbonyl (C=S) groups is 1. The Kier molecular flexibility index (Phi) is 3.42. The lowest BCUT2D eigenvalue weighted by atomic mass is 10.2. The van der Waals surface area contributed by atoms with E-state index in [0.29, 0.717) is 5.69 Å². The average Bonchev–Trinajstić information content (AvgIpc) is 2.30. The van der Waals surface area contributed by atoms with Gasteiger partial charge in [-0.3, -0.25) is 9.59 Å². The van der Waals surface area contributed by atoms with Crippen LogP contribution in [0.3, 0.4) is 0 Å². The summed E-state index contributed by atoms with van der Waals surface area (Å²) in [4.78, 5) is 23.0. The number of carbonyl (C=O) groups is 2. The van der Waals surface area contributed by atoms with Crippen molar-refractivity contribution in [2.75, 3.05) is 0 Å². The van der Waals surface area contributed by atoms with Gasteiger partial charge in [0.2, 0.25) is 6.04 Å². The maximum Gasteiger partial charge on any atom is 0.262 e. The first-order chi connectivity index (χ1) is 8.56. The van der Waals surface area contributed by atoms with Gasteiger partial charge in [0, 0.05) is 0 Å². The van der Waals surface area contributed by atoms with Crippen molar-refractivity contribution in [3.8, 4) is 0 Å². The molecule has 0 atom stereocenters. The second kappa shape index (κ2) is 5.01. The number of nitrogens with one attached hydrogen (secondary N) is 2. The molecule has 2 N–H and O–H groups in total. The monoisotopic (exact) mass is 262 g/mol. The highest BCUT2D eigenvalue weighted by molar-refractivity contribution is 7.80. The van der Waals surface area contributed by atoms with Crippen molar-refractivity contribution in [3.63, 3.8) is 0 Å². The van der Waals surface area contributed by atoms with E-state index in [9.17, 15) is 9.59 Å². The zero-order chi connectivity index (χ0) is 13.1. The second-order valence-corrected chi connectivity index (χ2v) is 4.17. The third-order valence-electron chi connectivity index (χ3n) is 2.29. The van der Waals surface area contributed by atoms with Crippen LogP contribution in [0, 0.1) is 6.92 Å². The SMILES string of the molecule is Cc1ccc(N=NC2C(=O)NC(=S)NC2=O)cc1. The van der Waals surface area contributed by atoms with Crippen molar-refractivity contribution >= 4 is 34.8 Å². The minimum atomic E-state index is -1.20. The van der Waals surface area contributed by atoms with Crippen LogP contribution < -0.4 is 10.6 Å². The maximum atomic E-state index is 11.5. The van der Waals surface area contributed by atoms with Gasteiger partial charge in [-0.1, -0.05) is 17.7 Å². The van der Waals surface area contributed by atoms with Gasteiger partial charge in [-0.05, 0) is 31.3 Å². The number of aryl methyl sites for hydroxylation is 1. The van der Waals surface area contributed by atoms with Crippen LogP contribution in [0.2, 0.25) is 0 Å². The fourth-order valence-electron chi connectivity index (χ4n) is 1.35. The van der Waals surface area contributed by atoms with E-state index < -0.39 is 17.9 Å². The molecule has 7 heteroatoms. The molecule has 92 valence electrons. The third kappa shape index (κ3) is 2.75. The van der Waals surface area contributed by atoms with Crippen molar-refractivity contribution in [1.82, 2.24) is 10.6 Å². The third-order valence-corrected chi connectivity index (χ3v) is 2.50. The van der Waals surface area contributed by atoms with Gasteiger partial charge in [-0.15, -0.1) is 0 Å². The Hall–Kier alpha value is -2.15. The van der Waals surface area contributed by atoms with Crippen LogP contribution in [0.4, 0.5) is 5.69 Å². The summed E-state index contributed by atoms with van der Waals surface area (Å²) in [5.74, 6) is -1.14. The molecule has 2 rings (SSSR count). The van der Waals surface area contributed by atoms with Crippen LogP contribution in [0.1, 0.15) is 5.56 Å². The minimum Gasteiger partial charge on any atom is -0.300 e. The lowest BCUT2D eigenvalue weighted by molar-refractivity contribution is -0.131. The summed E-state index contributed by atoms with van der Waals surface area (Å²) < 4.78 is 0. The van der Waals surface area contributed by atoms with Crippen LogP contribution >= 0.6 is 12.2 Å². The van der Waals surface area contributed by atoms with Crippen molar-refractivity contribution in [2.45, 2.75) is 13.0 Å². The number of hydrogen-bond donors (Lipinski definition) is 2. The summed E-state index contributed by atoms with van der Waals surface area (Å²) >= 11 is 4.67. The second-order valence-electron chi connectivity index (χ2n) is 3.76. The summed E-state index contributed by atoms with van der Waals surface area (Å²) in [6, 6.07) is 6.04. The number of benzene rings is 1. The van der Waals surface area contributed by atoms with Crippen LogP contribution in [0.15, 0.2) is 34.5 Å². The first kappa shape index (κ1) is 12.3. The Morgan fingerprint density at radius 2 is 1.67 bits per heavy atom. The highest BCUT2D eigenvalue weighted by Crippen LogP contribution is 2.14. The van der Waals surface area contributed by atoms with E-state index in [1.165, 1.54) is 0 Å². The molecule has 0 aliphatic carbocycles. The lowest BCUT2D eigenvalue weighted by Crippen LogP contribution is -2.57. The van der Waals surface area contributed by atoms with Crippen LogP contribution in [0.5, 0.6) is 0 Å². The summed E-state index contributed by atoms with van der Waals surface area (Å²) in [6.07, 6.45) is 0. The van der Waals surface area contributed by atoms with Crippen LogP contribution in [-0.2, 0) is 9.59 Å². The molecule has 2 amide bonds. The summed E-state index contributed by atoms with van der Waals surface area (Å²) in [5, 5.41) is 12.2. The molecule has 1 fully saturated rings. The summed E-state index contributed by atoms with van der Waals surface area (Å²) in [6.45, 7) is 1.95. The van der Waals surface area contributed by atoms with Crippen LogP contribution in [-0.4, -0.2) is 23.0 Å². The first-order valence-electron chi connectivity index (χ1n) is 5.19. The standard InChI is InChI=1S/C11H10N4O2S/c1-6-2-4-7(5-3-6)14-15-8-9(16)12-11(18)13-10(8)17/h2-5,8H,1H3,(H2,12,13,16,17,18). The van der Waals surface area contributed by atoms with Gasteiger partial charge in [-0.25, -0.2) is 0 Å². The van der Waals surface area contributed by atoms with E-state index in [1.54, 1.807) is 12.1 Å². The molecular weight excluding hydrogens is 252 g/mol. The van der Waals surface area contributed by atoms with Crippen molar-refractivity contribution in [1.29, 1.82) is 0 Å². The quantitative estimate of drug-likeness (QED) is 0.473. The molecule has 18 heavy (non-hydrogen) atoms. The molecule has 0 bridgehead atoms. The van der Waals surface area contributed by atoms with E-state index >= 15 is 0 Å². The number of hydrogen-bond acceptors (Lipinski definition) is 5. The summed E-state index contributed by atoms with van der Waals surface area (Å²) in [7, 11) is 0. The number of carbonyl (C=O) groups excluding carboxylic acids is 2. The molecule has 1 aliphatic heterocycles. The Morgan fingerprint density at radius 3 is 2.22 bits per heavy atom. The predicted octanol–water partition coefficient (Wildman–Crippen LogP) is 0.978.